The van der Waals surface area contributed by atoms with Crippen LogP contribution in [0.2, 0.25) is 0 Å². The van der Waals surface area contributed by atoms with E-state index in [1.54, 1.807) is 0 Å². The molecule has 1 nitrogen and oxygen atoms in total. The van der Waals surface area contributed by atoms with Crippen LogP contribution in [-0.4, -0.2) is 12.4 Å². The molecule has 1 aliphatic heterocycles. The quantitative estimate of drug-likeness (QED) is 0.714. The molecule has 13 heavy (non-hydrogen) atoms. The molecular weight excluding hydrogens is 180 g/mol. The zero-order valence-corrected chi connectivity index (χ0v) is 8.64. The Labute approximate surface area is 83.5 Å². The van der Waals surface area contributed by atoms with Crippen LogP contribution in [0.4, 0.5) is 0 Å². The third-order valence-electron chi connectivity index (χ3n) is 2.27. The molecule has 0 radical (unpaired) electrons. The summed E-state index contributed by atoms with van der Waals surface area (Å²) in [6.45, 7) is 3.08. The largest absolute Gasteiger partial charge is 0.493 e. The Balaban J connectivity index is 2.26. The summed E-state index contributed by atoms with van der Waals surface area (Å²) >= 11 is 2.01. The molecule has 0 spiro atoms. The number of hydrogen-bond acceptors (Lipinski definition) is 2. The number of para-hydroxylation sites is 1. The first-order valence-corrected chi connectivity index (χ1v) is 5.80. The number of fused-ring (bicyclic) bond motifs is 1. The average molecular weight is 194 g/mol. The fraction of sp³-hybridized carbons (Fsp3) is 0.455. The molecule has 0 N–H and O–H groups in total. The van der Waals surface area contributed by atoms with Gasteiger partial charge in [-0.25, -0.2) is 0 Å². The lowest BCUT2D eigenvalue weighted by atomic mass is 10.1. The van der Waals surface area contributed by atoms with Gasteiger partial charge in [-0.3, -0.25) is 0 Å². The van der Waals surface area contributed by atoms with E-state index in [1.807, 2.05) is 17.8 Å². The van der Waals surface area contributed by atoms with Crippen molar-refractivity contribution in [2.75, 3.05) is 12.4 Å². The summed E-state index contributed by atoms with van der Waals surface area (Å²) in [6, 6.07) is 8.38. The van der Waals surface area contributed by atoms with Crippen molar-refractivity contribution >= 4 is 11.8 Å². The average Bonchev–Trinajstić information content (AvgIpc) is 2.19. The van der Waals surface area contributed by atoms with Gasteiger partial charge in [0.15, 0.2) is 0 Å². The minimum absolute atomic E-state index is 0.648. The molecule has 1 atom stereocenters. The van der Waals surface area contributed by atoms with Gasteiger partial charge < -0.3 is 4.74 Å². The lowest BCUT2D eigenvalue weighted by molar-refractivity contribution is 0.286. The molecule has 1 heterocycles. The van der Waals surface area contributed by atoms with E-state index in [2.05, 4.69) is 25.1 Å². The smallest absolute Gasteiger partial charge is 0.123 e. The van der Waals surface area contributed by atoms with Crippen LogP contribution in [0.3, 0.4) is 0 Å². The molecule has 1 aliphatic rings. The Bertz CT molecular complexity index is 285. The van der Waals surface area contributed by atoms with E-state index in [0.29, 0.717) is 5.25 Å². The lowest BCUT2D eigenvalue weighted by Crippen LogP contribution is -2.11. The molecule has 0 aromatic heterocycles. The zero-order chi connectivity index (χ0) is 9.10. The van der Waals surface area contributed by atoms with Crippen LogP contribution in [0.1, 0.15) is 24.2 Å². The first kappa shape index (κ1) is 8.95. The van der Waals surface area contributed by atoms with Crippen molar-refractivity contribution in [3.8, 4) is 5.75 Å². The van der Waals surface area contributed by atoms with Crippen LogP contribution in [0.15, 0.2) is 24.3 Å². The number of hydrogen-bond donors (Lipinski definition) is 0. The number of benzene rings is 1. The molecule has 2 rings (SSSR count). The van der Waals surface area contributed by atoms with Gasteiger partial charge in [-0.05, 0) is 18.2 Å². The second-order valence-electron chi connectivity index (χ2n) is 3.12. The molecule has 1 unspecified atom stereocenters. The summed E-state index contributed by atoms with van der Waals surface area (Å²) < 4.78 is 5.59. The van der Waals surface area contributed by atoms with Crippen LogP contribution in [0.5, 0.6) is 5.75 Å². The molecule has 2 heteroatoms. The second-order valence-corrected chi connectivity index (χ2v) is 4.60. The minimum Gasteiger partial charge on any atom is -0.493 e. The Morgan fingerprint density at radius 3 is 3.15 bits per heavy atom. The summed E-state index contributed by atoms with van der Waals surface area (Å²) in [5, 5.41) is 0.648. The highest BCUT2D eigenvalue weighted by molar-refractivity contribution is 7.99. The molecule has 0 fully saturated rings. The number of ether oxygens (including phenoxy) is 1. The molecular formula is C11H14OS. The summed E-state index contributed by atoms with van der Waals surface area (Å²) in [7, 11) is 0. The molecule has 0 bridgehead atoms. The predicted molar refractivity (Wildman–Crippen MR) is 57.4 cm³/mol. The second kappa shape index (κ2) is 4.05. The maximum absolute atomic E-state index is 5.59. The monoisotopic (exact) mass is 194 g/mol. The van der Waals surface area contributed by atoms with Gasteiger partial charge in [-0.15, -0.1) is 0 Å². The Morgan fingerprint density at radius 2 is 2.31 bits per heavy atom. The summed E-state index contributed by atoms with van der Waals surface area (Å²) in [5.74, 6) is 2.26. The van der Waals surface area contributed by atoms with Crippen LogP contribution >= 0.6 is 11.8 Å². The summed E-state index contributed by atoms with van der Waals surface area (Å²) in [6.07, 6.45) is 1.15. The summed E-state index contributed by atoms with van der Waals surface area (Å²) in [5.41, 5.74) is 1.38. The van der Waals surface area contributed by atoms with E-state index in [0.717, 1.165) is 18.8 Å². The molecule has 0 amide bonds. The van der Waals surface area contributed by atoms with Gasteiger partial charge in [0, 0.05) is 10.8 Å². The fourth-order valence-corrected chi connectivity index (χ4v) is 2.72. The zero-order valence-electron chi connectivity index (χ0n) is 7.82. The van der Waals surface area contributed by atoms with E-state index < -0.39 is 0 Å². The van der Waals surface area contributed by atoms with Gasteiger partial charge in [0.25, 0.3) is 0 Å². The van der Waals surface area contributed by atoms with Gasteiger partial charge in [-0.2, -0.15) is 11.8 Å². The first-order chi connectivity index (χ1) is 6.42. The Morgan fingerprint density at radius 1 is 1.46 bits per heavy atom. The van der Waals surface area contributed by atoms with Crippen molar-refractivity contribution in [2.24, 2.45) is 0 Å². The van der Waals surface area contributed by atoms with E-state index in [1.165, 1.54) is 11.3 Å². The molecule has 1 aromatic rings. The molecule has 0 saturated carbocycles. The number of thioether (sulfide) groups is 1. The summed E-state index contributed by atoms with van der Waals surface area (Å²) in [4.78, 5) is 0. The van der Waals surface area contributed by atoms with E-state index in [9.17, 15) is 0 Å². The van der Waals surface area contributed by atoms with Gasteiger partial charge >= 0.3 is 0 Å². The SMILES string of the molecule is CCSC1CCOc2ccccc21. The van der Waals surface area contributed by atoms with Crippen molar-refractivity contribution in [1.29, 1.82) is 0 Å². The maximum Gasteiger partial charge on any atom is 0.123 e. The van der Waals surface area contributed by atoms with Crippen molar-refractivity contribution in [3.63, 3.8) is 0 Å². The van der Waals surface area contributed by atoms with Gasteiger partial charge in [0.05, 0.1) is 6.61 Å². The normalized spacial score (nSPS) is 20.5. The molecule has 70 valence electrons. The van der Waals surface area contributed by atoms with Gasteiger partial charge in [-0.1, -0.05) is 25.1 Å². The Hall–Kier alpha value is -0.630. The van der Waals surface area contributed by atoms with Crippen molar-refractivity contribution in [1.82, 2.24) is 0 Å². The first-order valence-electron chi connectivity index (χ1n) is 4.75. The van der Waals surface area contributed by atoms with Crippen molar-refractivity contribution in [3.05, 3.63) is 29.8 Å². The van der Waals surface area contributed by atoms with Crippen LogP contribution in [0, 0.1) is 0 Å². The van der Waals surface area contributed by atoms with Crippen LogP contribution in [-0.2, 0) is 0 Å². The van der Waals surface area contributed by atoms with Crippen molar-refractivity contribution in [2.45, 2.75) is 18.6 Å². The highest BCUT2D eigenvalue weighted by atomic mass is 32.2. The standard InChI is InChI=1S/C11H14OS/c1-2-13-11-7-8-12-10-6-4-3-5-9(10)11/h3-6,11H,2,7-8H2,1H3. The third-order valence-corrected chi connectivity index (χ3v) is 3.50. The highest BCUT2D eigenvalue weighted by Gasteiger charge is 2.20. The van der Waals surface area contributed by atoms with Crippen molar-refractivity contribution < 1.29 is 4.74 Å². The van der Waals surface area contributed by atoms with Crippen LogP contribution in [0.25, 0.3) is 0 Å². The fourth-order valence-electron chi connectivity index (χ4n) is 1.68. The molecule has 0 saturated heterocycles. The number of rotatable bonds is 2. The maximum atomic E-state index is 5.59. The van der Waals surface area contributed by atoms with E-state index in [4.69, 9.17) is 4.74 Å². The lowest BCUT2D eigenvalue weighted by Gasteiger charge is -2.24. The molecule has 0 aliphatic carbocycles. The van der Waals surface area contributed by atoms with E-state index >= 15 is 0 Å². The minimum atomic E-state index is 0.648. The third kappa shape index (κ3) is 1.83. The predicted octanol–water partition coefficient (Wildman–Crippen LogP) is 3.26. The topological polar surface area (TPSA) is 9.23 Å². The Kier molecular flexibility index (Phi) is 2.79. The van der Waals surface area contributed by atoms with Crippen LogP contribution < -0.4 is 4.74 Å². The highest BCUT2D eigenvalue weighted by Crippen LogP contribution is 2.40. The van der Waals surface area contributed by atoms with Gasteiger partial charge in [0.1, 0.15) is 5.75 Å². The van der Waals surface area contributed by atoms with E-state index in [-0.39, 0.29) is 0 Å². The van der Waals surface area contributed by atoms with Gasteiger partial charge in [0.2, 0.25) is 0 Å². The molecule has 1 aromatic carbocycles.